The number of hydrogen-bond donors (Lipinski definition) is 1. The second-order valence-electron chi connectivity index (χ2n) is 4.94. The summed E-state index contributed by atoms with van der Waals surface area (Å²) >= 11 is 1.62. The monoisotopic (exact) mass is 278 g/mol. The predicted octanol–water partition coefficient (Wildman–Crippen LogP) is 4.35. The molecule has 19 heavy (non-hydrogen) atoms. The van der Waals surface area contributed by atoms with Crippen molar-refractivity contribution in [2.24, 2.45) is 0 Å². The predicted molar refractivity (Wildman–Crippen MR) is 80.0 cm³/mol. The minimum Gasteiger partial charge on any atom is -0.501 e. The first-order valence-corrected chi connectivity index (χ1v) is 7.84. The molecule has 3 heteroatoms. The Morgan fingerprint density at radius 3 is 2.58 bits per heavy atom. The lowest BCUT2D eigenvalue weighted by Crippen LogP contribution is -2.32. The number of ether oxygens (including phenoxy) is 1. The van der Waals surface area contributed by atoms with Crippen LogP contribution in [0.25, 0.3) is 0 Å². The third-order valence-corrected chi connectivity index (χ3v) is 4.67. The van der Waals surface area contributed by atoms with Gasteiger partial charge in [-0.25, -0.2) is 0 Å². The van der Waals surface area contributed by atoms with Gasteiger partial charge in [0.05, 0.1) is 23.4 Å². The average Bonchev–Trinajstić information content (AvgIpc) is 2.45. The fraction of sp³-hybridized carbons (Fsp3) is 0.500. The van der Waals surface area contributed by atoms with Crippen LogP contribution in [0, 0.1) is 0 Å². The summed E-state index contributed by atoms with van der Waals surface area (Å²) in [7, 11) is 0. The first kappa shape index (κ1) is 14.5. The van der Waals surface area contributed by atoms with Crippen LogP contribution in [0.4, 0.5) is 0 Å². The van der Waals surface area contributed by atoms with Crippen LogP contribution in [0.3, 0.4) is 0 Å². The van der Waals surface area contributed by atoms with Gasteiger partial charge in [0, 0.05) is 4.90 Å². The molecule has 1 aromatic carbocycles. The van der Waals surface area contributed by atoms with E-state index < -0.39 is 5.60 Å². The van der Waals surface area contributed by atoms with Crippen LogP contribution in [0.5, 0.6) is 0 Å². The van der Waals surface area contributed by atoms with E-state index in [1.807, 2.05) is 25.1 Å². The van der Waals surface area contributed by atoms with E-state index in [2.05, 4.69) is 12.1 Å². The molecule has 0 amide bonds. The highest BCUT2D eigenvalue weighted by Gasteiger charge is 2.34. The summed E-state index contributed by atoms with van der Waals surface area (Å²) in [6.07, 6.45) is 6.84. The number of hydrogen-bond acceptors (Lipinski definition) is 3. The van der Waals surface area contributed by atoms with Crippen molar-refractivity contribution in [2.75, 3.05) is 6.61 Å². The topological polar surface area (TPSA) is 29.5 Å². The van der Waals surface area contributed by atoms with Crippen molar-refractivity contribution in [3.63, 3.8) is 0 Å². The molecule has 0 heterocycles. The Morgan fingerprint density at radius 1 is 1.26 bits per heavy atom. The molecule has 1 saturated carbocycles. The third-order valence-electron chi connectivity index (χ3n) is 3.47. The third kappa shape index (κ3) is 4.02. The second-order valence-corrected chi connectivity index (χ2v) is 6.06. The highest BCUT2D eigenvalue weighted by Crippen LogP contribution is 2.42. The minimum atomic E-state index is -0.700. The molecule has 0 aromatic heterocycles. The van der Waals surface area contributed by atoms with Crippen LogP contribution in [-0.2, 0) is 4.74 Å². The van der Waals surface area contributed by atoms with Crippen molar-refractivity contribution >= 4 is 11.8 Å². The number of benzene rings is 1. The smallest absolute Gasteiger partial charge is 0.0988 e. The Hall–Kier alpha value is -0.930. The number of thioether (sulfide) groups is 1. The van der Waals surface area contributed by atoms with E-state index in [4.69, 9.17) is 4.74 Å². The standard InChI is InChI=1S/C16H22O2S/c1-2-18-13-15(16(17)11-7-4-8-12-16)19-14-9-5-3-6-10-14/h3,5-6,9-10,13,17H,2,4,7-8,11-12H2,1H3/b15-13-. The number of aliphatic hydroxyl groups is 1. The Balaban J connectivity index is 2.16. The van der Waals surface area contributed by atoms with Gasteiger partial charge < -0.3 is 9.84 Å². The molecule has 0 radical (unpaired) electrons. The molecule has 0 spiro atoms. The molecule has 1 aromatic rings. The lowest BCUT2D eigenvalue weighted by molar-refractivity contribution is 0.0444. The molecule has 0 bridgehead atoms. The fourth-order valence-electron chi connectivity index (χ4n) is 2.39. The van der Waals surface area contributed by atoms with Crippen molar-refractivity contribution in [3.05, 3.63) is 41.5 Å². The van der Waals surface area contributed by atoms with Crippen LogP contribution in [0.2, 0.25) is 0 Å². The van der Waals surface area contributed by atoms with Crippen molar-refractivity contribution in [1.82, 2.24) is 0 Å². The zero-order chi connectivity index (χ0) is 13.6. The van der Waals surface area contributed by atoms with Crippen molar-refractivity contribution in [2.45, 2.75) is 49.5 Å². The van der Waals surface area contributed by atoms with E-state index in [0.717, 1.165) is 35.5 Å². The van der Waals surface area contributed by atoms with Gasteiger partial charge in [-0.3, -0.25) is 0 Å². The Kier molecular flexibility index (Phi) is 5.34. The SMILES string of the molecule is CCO/C=C(\Sc1ccccc1)C1(O)CCCCC1. The Morgan fingerprint density at radius 2 is 1.95 bits per heavy atom. The molecular weight excluding hydrogens is 256 g/mol. The van der Waals surface area contributed by atoms with Gasteiger partial charge in [-0.2, -0.15) is 0 Å². The van der Waals surface area contributed by atoms with Crippen molar-refractivity contribution < 1.29 is 9.84 Å². The lowest BCUT2D eigenvalue weighted by Gasteiger charge is -2.33. The maximum Gasteiger partial charge on any atom is 0.0988 e. The molecule has 0 atom stereocenters. The van der Waals surface area contributed by atoms with Gasteiger partial charge in [0.15, 0.2) is 0 Å². The maximum atomic E-state index is 10.8. The van der Waals surface area contributed by atoms with Crippen LogP contribution in [-0.4, -0.2) is 17.3 Å². The van der Waals surface area contributed by atoms with Gasteiger partial charge in [0.25, 0.3) is 0 Å². The normalized spacial score (nSPS) is 19.2. The van der Waals surface area contributed by atoms with E-state index in [1.165, 1.54) is 6.42 Å². The molecule has 0 saturated heterocycles. The first-order chi connectivity index (χ1) is 9.24. The second kappa shape index (κ2) is 7.01. The summed E-state index contributed by atoms with van der Waals surface area (Å²) in [4.78, 5) is 2.09. The van der Waals surface area contributed by atoms with E-state index in [1.54, 1.807) is 18.0 Å². The molecule has 1 aliphatic carbocycles. The minimum absolute atomic E-state index is 0.634. The zero-order valence-corrected chi connectivity index (χ0v) is 12.3. The molecular formula is C16H22O2S. The van der Waals surface area contributed by atoms with E-state index in [0.29, 0.717) is 6.61 Å². The highest BCUT2D eigenvalue weighted by molar-refractivity contribution is 8.03. The van der Waals surface area contributed by atoms with Gasteiger partial charge in [0.2, 0.25) is 0 Å². The largest absolute Gasteiger partial charge is 0.501 e. The van der Waals surface area contributed by atoms with E-state index in [9.17, 15) is 5.11 Å². The zero-order valence-electron chi connectivity index (χ0n) is 11.5. The van der Waals surface area contributed by atoms with E-state index >= 15 is 0 Å². The Labute approximate surface area is 119 Å². The van der Waals surface area contributed by atoms with Gasteiger partial charge in [-0.05, 0) is 31.9 Å². The molecule has 2 rings (SSSR count). The first-order valence-electron chi connectivity index (χ1n) is 7.02. The van der Waals surface area contributed by atoms with Gasteiger partial charge in [0.1, 0.15) is 0 Å². The molecule has 0 unspecified atom stereocenters. The Bertz CT molecular complexity index is 408. The summed E-state index contributed by atoms with van der Waals surface area (Å²) < 4.78 is 5.44. The van der Waals surface area contributed by atoms with Crippen LogP contribution >= 0.6 is 11.8 Å². The summed E-state index contributed by atoms with van der Waals surface area (Å²) in [5, 5.41) is 10.8. The molecule has 0 aliphatic heterocycles. The molecule has 1 N–H and O–H groups in total. The van der Waals surface area contributed by atoms with Crippen LogP contribution < -0.4 is 0 Å². The summed E-state index contributed by atoms with van der Waals surface area (Å²) in [5.74, 6) is 0. The van der Waals surface area contributed by atoms with Crippen molar-refractivity contribution in [1.29, 1.82) is 0 Å². The van der Waals surface area contributed by atoms with Crippen LogP contribution in [0.15, 0.2) is 46.4 Å². The highest BCUT2D eigenvalue weighted by atomic mass is 32.2. The number of rotatable bonds is 5. The fourth-order valence-corrected chi connectivity index (χ4v) is 3.44. The molecule has 104 valence electrons. The van der Waals surface area contributed by atoms with Crippen LogP contribution in [0.1, 0.15) is 39.0 Å². The van der Waals surface area contributed by atoms with Gasteiger partial charge >= 0.3 is 0 Å². The quantitative estimate of drug-likeness (QED) is 0.641. The van der Waals surface area contributed by atoms with E-state index in [-0.39, 0.29) is 0 Å². The average molecular weight is 278 g/mol. The lowest BCUT2D eigenvalue weighted by atomic mass is 9.85. The molecule has 1 aliphatic rings. The molecule has 1 fully saturated rings. The van der Waals surface area contributed by atoms with Gasteiger partial charge in [-0.1, -0.05) is 49.2 Å². The van der Waals surface area contributed by atoms with Gasteiger partial charge in [-0.15, -0.1) is 0 Å². The molecule has 2 nitrogen and oxygen atoms in total. The maximum absolute atomic E-state index is 10.8. The summed E-state index contributed by atoms with van der Waals surface area (Å²) in [5.41, 5.74) is -0.700. The van der Waals surface area contributed by atoms with Crippen molar-refractivity contribution in [3.8, 4) is 0 Å². The summed E-state index contributed by atoms with van der Waals surface area (Å²) in [6.45, 7) is 2.60. The summed E-state index contributed by atoms with van der Waals surface area (Å²) in [6, 6.07) is 10.2.